The molecule has 1 aliphatic rings. The third-order valence-corrected chi connectivity index (χ3v) is 3.89. The summed E-state index contributed by atoms with van der Waals surface area (Å²) < 4.78 is 13.8. The topological polar surface area (TPSA) is 32.3 Å². The van der Waals surface area contributed by atoms with Crippen LogP contribution in [0.2, 0.25) is 0 Å². The molecule has 1 aromatic rings. The minimum absolute atomic E-state index is 0.0513. The zero-order chi connectivity index (χ0) is 13.8. The predicted molar refractivity (Wildman–Crippen MR) is 73.2 cm³/mol. The van der Waals surface area contributed by atoms with Crippen molar-refractivity contribution in [1.29, 1.82) is 0 Å². The van der Waals surface area contributed by atoms with Crippen LogP contribution in [0.5, 0.6) is 0 Å². The Morgan fingerprint density at radius 2 is 2.16 bits per heavy atom. The minimum Gasteiger partial charge on any atom is -0.338 e. The quantitative estimate of drug-likeness (QED) is 0.909. The second kappa shape index (κ2) is 6.15. The highest BCUT2D eigenvalue weighted by atomic mass is 19.1. The number of halogens is 1. The SMILES string of the molecule is CC(c1ccccc1F)N(C)C(=O)[C@H]1CCCCN1. The number of hydrogen-bond donors (Lipinski definition) is 1. The van der Waals surface area contributed by atoms with Gasteiger partial charge in [-0.2, -0.15) is 0 Å². The zero-order valence-electron chi connectivity index (χ0n) is 11.5. The second-order valence-electron chi connectivity index (χ2n) is 5.15. The maximum Gasteiger partial charge on any atom is 0.239 e. The first kappa shape index (κ1) is 14.0. The molecule has 2 atom stereocenters. The fourth-order valence-corrected chi connectivity index (χ4v) is 2.52. The Kier molecular flexibility index (Phi) is 4.53. The van der Waals surface area contributed by atoms with Gasteiger partial charge in [0.2, 0.25) is 5.91 Å². The summed E-state index contributed by atoms with van der Waals surface area (Å²) in [5.41, 5.74) is 0.564. The Labute approximate surface area is 113 Å². The third-order valence-electron chi connectivity index (χ3n) is 3.89. The summed E-state index contributed by atoms with van der Waals surface area (Å²) in [4.78, 5) is 14.0. The highest BCUT2D eigenvalue weighted by Crippen LogP contribution is 2.23. The molecule has 0 saturated carbocycles. The van der Waals surface area contributed by atoms with Crippen molar-refractivity contribution in [2.45, 2.75) is 38.3 Å². The van der Waals surface area contributed by atoms with Crippen LogP contribution >= 0.6 is 0 Å². The molecule has 1 N–H and O–H groups in total. The van der Waals surface area contributed by atoms with Gasteiger partial charge < -0.3 is 10.2 Å². The Bertz CT molecular complexity index is 444. The van der Waals surface area contributed by atoms with Crippen molar-refractivity contribution in [3.8, 4) is 0 Å². The fraction of sp³-hybridized carbons (Fsp3) is 0.533. The normalized spacial score (nSPS) is 20.9. The molecule has 19 heavy (non-hydrogen) atoms. The molecule has 0 bridgehead atoms. The number of nitrogens with one attached hydrogen (secondary N) is 1. The number of carbonyl (C=O) groups excluding carboxylic acids is 1. The fourth-order valence-electron chi connectivity index (χ4n) is 2.52. The van der Waals surface area contributed by atoms with Gasteiger partial charge in [-0.15, -0.1) is 0 Å². The van der Waals surface area contributed by atoms with Gasteiger partial charge in [-0.1, -0.05) is 24.6 Å². The first-order valence-electron chi connectivity index (χ1n) is 6.85. The second-order valence-corrected chi connectivity index (χ2v) is 5.15. The largest absolute Gasteiger partial charge is 0.338 e. The van der Waals surface area contributed by atoms with E-state index in [1.807, 2.05) is 6.92 Å². The predicted octanol–water partition coefficient (Wildman–Crippen LogP) is 2.49. The average Bonchev–Trinajstić information content (AvgIpc) is 2.46. The molecule has 0 aliphatic carbocycles. The van der Waals surface area contributed by atoms with Crippen molar-refractivity contribution in [2.24, 2.45) is 0 Å². The van der Waals surface area contributed by atoms with E-state index in [-0.39, 0.29) is 23.8 Å². The molecule has 1 aliphatic heterocycles. The van der Waals surface area contributed by atoms with Crippen molar-refractivity contribution in [3.05, 3.63) is 35.6 Å². The first-order valence-corrected chi connectivity index (χ1v) is 6.85. The van der Waals surface area contributed by atoms with Crippen molar-refractivity contribution >= 4 is 5.91 Å². The number of hydrogen-bond acceptors (Lipinski definition) is 2. The van der Waals surface area contributed by atoms with Crippen molar-refractivity contribution in [1.82, 2.24) is 10.2 Å². The lowest BCUT2D eigenvalue weighted by Gasteiger charge is -2.31. The molecule has 1 saturated heterocycles. The molecule has 0 radical (unpaired) electrons. The summed E-state index contributed by atoms with van der Waals surface area (Å²) in [6.45, 7) is 2.75. The Hall–Kier alpha value is -1.42. The smallest absolute Gasteiger partial charge is 0.239 e. The van der Waals surface area contributed by atoms with Gasteiger partial charge >= 0.3 is 0 Å². The van der Waals surface area contributed by atoms with Crippen LogP contribution in [0.4, 0.5) is 4.39 Å². The maximum atomic E-state index is 13.8. The van der Waals surface area contributed by atoms with Gasteiger partial charge in [0.25, 0.3) is 0 Å². The number of piperidine rings is 1. The van der Waals surface area contributed by atoms with E-state index < -0.39 is 0 Å². The molecular weight excluding hydrogens is 243 g/mol. The van der Waals surface area contributed by atoms with Crippen molar-refractivity contribution in [3.63, 3.8) is 0 Å². The third kappa shape index (κ3) is 3.13. The van der Waals surface area contributed by atoms with E-state index >= 15 is 0 Å². The summed E-state index contributed by atoms with van der Waals surface area (Å²) >= 11 is 0. The Morgan fingerprint density at radius 3 is 2.79 bits per heavy atom. The lowest BCUT2D eigenvalue weighted by molar-refractivity contribution is -0.134. The summed E-state index contributed by atoms with van der Waals surface area (Å²) in [6, 6.07) is 6.26. The number of nitrogens with zero attached hydrogens (tertiary/aromatic N) is 1. The van der Waals surface area contributed by atoms with Crippen LogP contribution in [0.3, 0.4) is 0 Å². The summed E-state index contributed by atoms with van der Waals surface area (Å²) in [5.74, 6) is -0.207. The molecule has 1 fully saturated rings. The van der Waals surface area contributed by atoms with E-state index in [2.05, 4.69) is 5.32 Å². The van der Waals surface area contributed by atoms with Gasteiger partial charge in [0.05, 0.1) is 12.1 Å². The van der Waals surface area contributed by atoms with E-state index in [9.17, 15) is 9.18 Å². The minimum atomic E-state index is -0.258. The van der Waals surface area contributed by atoms with E-state index in [0.29, 0.717) is 5.56 Å². The van der Waals surface area contributed by atoms with Crippen molar-refractivity contribution < 1.29 is 9.18 Å². The standard InChI is InChI=1S/C15H21FN2O/c1-11(12-7-3-4-8-13(12)16)18(2)15(19)14-9-5-6-10-17-14/h3-4,7-8,11,14,17H,5-6,9-10H2,1-2H3/t11?,14-/m1/s1. The maximum absolute atomic E-state index is 13.8. The van der Waals surface area contributed by atoms with E-state index in [1.54, 1.807) is 30.1 Å². The highest BCUT2D eigenvalue weighted by Gasteiger charge is 2.27. The highest BCUT2D eigenvalue weighted by molar-refractivity contribution is 5.82. The molecule has 0 aromatic heterocycles. The van der Waals surface area contributed by atoms with Gasteiger partial charge in [0.15, 0.2) is 0 Å². The molecule has 1 aromatic carbocycles. The molecule has 1 unspecified atom stereocenters. The average molecular weight is 264 g/mol. The summed E-state index contributed by atoms with van der Waals surface area (Å²) in [7, 11) is 1.75. The van der Waals surface area contributed by atoms with Gasteiger partial charge in [0.1, 0.15) is 5.82 Å². The molecule has 2 rings (SSSR count). The lowest BCUT2D eigenvalue weighted by Crippen LogP contribution is -2.47. The number of carbonyl (C=O) groups is 1. The molecular formula is C15H21FN2O. The number of rotatable bonds is 3. The molecule has 104 valence electrons. The van der Waals surface area contributed by atoms with Crippen LogP contribution < -0.4 is 5.32 Å². The van der Waals surface area contributed by atoms with E-state index in [1.165, 1.54) is 6.07 Å². The van der Waals surface area contributed by atoms with Gasteiger partial charge in [-0.25, -0.2) is 4.39 Å². The van der Waals surface area contributed by atoms with Gasteiger partial charge in [-0.3, -0.25) is 4.79 Å². The Balaban J connectivity index is 2.08. The van der Waals surface area contributed by atoms with Gasteiger partial charge in [-0.05, 0) is 32.4 Å². The van der Waals surface area contributed by atoms with Crippen LogP contribution in [0.1, 0.15) is 37.8 Å². The number of likely N-dealkylation sites (N-methyl/N-ethyl adjacent to an activating group) is 1. The van der Waals surface area contributed by atoms with Crippen LogP contribution in [0, 0.1) is 5.82 Å². The van der Waals surface area contributed by atoms with Crippen LogP contribution in [-0.4, -0.2) is 30.4 Å². The summed E-state index contributed by atoms with van der Waals surface area (Å²) in [6.07, 6.45) is 3.06. The van der Waals surface area contributed by atoms with Crippen LogP contribution in [0.15, 0.2) is 24.3 Å². The van der Waals surface area contributed by atoms with Gasteiger partial charge in [0, 0.05) is 12.6 Å². The van der Waals surface area contributed by atoms with Crippen LogP contribution in [-0.2, 0) is 4.79 Å². The molecule has 0 spiro atoms. The van der Waals surface area contributed by atoms with Crippen LogP contribution in [0.25, 0.3) is 0 Å². The van der Waals surface area contributed by atoms with E-state index in [0.717, 1.165) is 25.8 Å². The molecule has 1 amide bonds. The number of benzene rings is 1. The molecule has 3 nitrogen and oxygen atoms in total. The molecule has 1 heterocycles. The zero-order valence-corrected chi connectivity index (χ0v) is 11.5. The lowest BCUT2D eigenvalue weighted by atomic mass is 10.0. The molecule has 4 heteroatoms. The Morgan fingerprint density at radius 1 is 1.42 bits per heavy atom. The van der Waals surface area contributed by atoms with E-state index in [4.69, 9.17) is 0 Å². The van der Waals surface area contributed by atoms with Crippen molar-refractivity contribution in [2.75, 3.05) is 13.6 Å². The number of amides is 1. The summed E-state index contributed by atoms with van der Waals surface area (Å²) in [5, 5.41) is 3.24. The first-order chi connectivity index (χ1) is 9.11. The monoisotopic (exact) mass is 264 g/mol.